The summed E-state index contributed by atoms with van der Waals surface area (Å²) in [7, 11) is 1.63. The van der Waals surface area contributed by atoms with Gasteiger partial charge in [0.2, 0.25) is 0 Å². The zero-order valence-electron chi connectivity index (χ0n) is 12.0. The number of hydrogen-bond donors (Lipinski definition) is 1. The molecule has 2 rings (SSSR count). The monoisotopic (exact) mass is 280 g/mol. The number of carboxylic acid groups (broad SMARTS) is 1. The average molecular weight is 280 g/mol. The summed E-state index contributed by atoms with van der Waals surface area (Å²) in [5, 5.41) is 9.23. The summed E-state index contributed by atoms with van der Waals surface area (Å²) in [5.41, 5.74) is 2.79. The number of hydrogen-bond acceptors (Lipinski definition) is 5. The molecule has 1 atom stereocenters. The Morgan fingerprint density at radius 2 is 2.35 bits per heavy atom. The van der Waals surface area contributed by atoms with Gasteiger partial charge in [-0.3, -0.25) is 14.7 Å². The summed E-state index contributed by atoms with van der Waals surface area (Å²) in [6, 6.07) is -0.614. The molecule has 1 saturated heterocycles. The molecular weight excluding hydrogens is 260 g/mol. The van der Waals surface area contributed by atoms with Gasteiger partial charge >= 0.3 is 5.97 Å². The van der Waals surface area contributed by atoms with Gasteiger partial charge in [0.05, 0.1) is 26.0 Å². The summed E-state index contributed by atoms with van der Waals surface area (Å²) < 4.78 is 10.6. The Morgan fingerprint density at radius 1 is 1.60 bits per heavy atom. The van der Waals surface area contributed by atoms with E-state index in [9.17, 15) is 9.90 Å². The molecule has 1 unspecified atom stereocenters. The maximum Gasteiger partial charge on any atom is 0.323 e. The maximum absolute atomic E-state index is 11.3. The Morgan fingerprint density at radius 3 is 3.00 bits per heavy atom. The first-order chi connectivity index (χ1) is 9.54. The molecule has 1 N–H and O–H groups in total. The molecule has 1 aromatic rings. The summed E-state index contributed by atoms with van der Waals surface area (Å²) in [4.78, 5) is 17.6. The van der Waals surface area contributed by atoms with Gasteiger partial charge in [0.25, 0.3) is 0 Å². The number of aryl methyl sites for hydroxylation is 1. The molecule has 1 fully saturated rings. The van der Waals surface area contributed by atoms with Crippen molar-refractivity contribution in [2.75, 3.05) is 26.9 Å². The van der Waals surface area contributed by atoms with Gasteiger partial charge in [-0.2, -0.15) is 0 Å². The summed E-state index contributed by atoms with van der Waals surface area (Å²) >= 11 is 0. The normalized spacial score (nSPS) is 19.9. The minimum atomic E-state index is -0.860. The highest BCUT2D eigenvalue weighted by molar-refractivity contribution is 5.73. The van der Waals surface area contributed by atoms with Crippen LogP contribution in [0.2, 0.25) is 0 Å². The highest BCUT2D eigenvalue weighted by Crippen LogP contribution is 2.25. The summed E-state index contributed by atoms with van der Waals surface area (Å²) in [6.07, 6.45) is 1.76. The van der Waals surface area contributed by atoms with E-state index in [1.54, 1.807) is 13.3 Å². The Hall–Kier alpha value is -1.66. The van der Waals surface area contributed by atoms with Crippen LogP contribution in [0.25, 0.3) is 0 Å². The van der Waals surface area contributed by atoms with Crippen molar-refractivity contribution in [1.82, 2.24) is 9.88 Å². The van der Waals surface area contributed by atoms with Crippen molar-refractivity contribution in [3.05, 3.63) is 23.0 Å². The first kappa shape index (κ1) is 14.7. The van der Waals surface area contributed by atoms with Gasteiger partial charge in [-0.25, -0.2) is 0 Å². The van der Waals surface area contributed by atoms with Crippen molar-refractivity contribution in [2.45, 2.75) is 26.4 Å². The molecule has 6 nitrogen and oxygen atoms in total. The van der Waals surface area contributed by atoms with Crippen LogP contribution < -0.4 is 4.74 Å². The quantitative estimate of drug-likeness (QED) is 0.887. The van der Waals surface area contributed by atoms with Crippen LogP contribution in [-0.2, 0) is 16.1 Å². The SMILES string of the molecule is COc1c(C)cnc(CN2CCOCC2C(=O)O)c1C. The van der Waals surface area contributed by atoms with E-state index in [1.165, 1.54) is 0 Å². The standard InChI is InChI=1S/C14H20N2O4/c1-9-6-15-11(10(2)13(9)19-3)7-16-4-5-20-8-12(16)14(17)18/h6,12H,4-5,7-8H2,1-3H3,(H,17,18). The van der Waals surface area contributed by atoms with E-state index in [4.69, 9.17) is 9.47 Å². The van der Waals surface area contributed by atoms with E-state index in [0.29, 0.717) is 19.7 Å². The number of methoxy groups -OCH3 is 1. The maximum atomic E-state index is 11.3. The molecular formula is C14H20N2O4. The lowest BCUT2D eigenvalue weighted by atomic mass is 10.1. The molecule has 1 aliphatic heterocycles. The van der Waals surface area contributed by atoms with E-state index in [0.717, 1.165) is 22.6 Å². The molecule has 0 amide bonds. The van der Waals surface area contributed by atoms with E-state index >= 15 is 0 Å². The topological polar surface area (TPSA) is 71.9 Å². The Bertz CT molecular complexity index is 504. The molecule has 110 valence electrons. The third kappa shape index (κ3) is 2.91. The number of ether oxygens (including phenoxy) is 2. The molecule has 0 bridgehead atoms. The third-order valence-corrected chi connectivity index (χ3v) is 3.63. The van der Waals surface area contributed by atoms with E-state index < -0.39 is 12.0 Å². The van der Waals surface area contributed by atoms with Gasteiger partial charge in [0.15, 0.2) is 0 Å². The van der Waals surface area contributed by atoms with Crippen molar-refractivity contribution in [3.63, 3.8) is 0 Å². The number of aromatic nitrogens is 1. The minimum absolute atomic E-state index is 0.220. The van der Waals surface area contributed by atoms with Crippen molar-refractivity contribution in [2.24, 2.45) is 0 Å². The Kier molecular flexibility index (Phi) is 4.57. The molecule has 6 heteroatoms. The zero-order valence-corrected chi connectivity index (χ0v) is 12.0. The Balaban J connectivity index is 2.22. The number of carbonyl (C=O) groups is 1. The number of carboxylic acids is 1. The number of morpholine rings is 1. The third-order valence-electron chi connectivity index (χ3n) is 3.63. The van der Waals surface area contributed by atoms with Crippen LogP contribution in [0.15, 0.2) is 6.20 Å². The number of pyridine rings is 1. The molecule has 1 aliphatic rings. The second kappa shape index (κ2) is 6.19. The second-order valence-electron chi connectivity index (χ2n) is 4.95. The second-order valence-corrected chi connectivity index (χ2v) is 4.95. The van der Waals surface area contributed by atoms with Gasteiger partial charge in [-0.1, -0.05) is 0 Å². The molecule has 1 aromatic heterocycles. The highest BCUT2D eigenvalue weighted by atomic mass is 16.5. The predicted octanol–water partition coefficient (Wildman–Crippen LogP) is 0.992. The molecule has 0 aromatic carbocycles. The van der Waals surface area contributed by atoms with Crippen LogP contribution in [0, 0.1) is 13.8 Å². The molecule has 0 radical (unpaired) electrons. The summed E-state index contributed by atoms with van der Waals surface area (Å²) in [6.45, 7) is 5.74. The van der Waals surface area contributed by atoms with Crippen LogP contribution in [0.3, 0.4) is 0 Å². The van der Waals surface area contributed by atoms with Gasteiger partial charge in [0.1, 0.15) is 11.8 Å². The van der Waals surface area contributed by atoms with Crippen LogP contribution in [-0.4, -0.2) is 53.9 Å². The fourth-order valence-electron chi connectivity index (χ4n) is 2.48. The van der Waals surface area contributed by atoms with Crippen LogP contribution >= 0.6 is 0 Å². The van der Waals surface area contributed by atoms with E-state index in [-0.39, 0.29) is 6.61 Å². The van der Waals surface area contributed by atoms with E-state index in [2.05, 4.69) is 4.98 Å². The molecule has 0 spiro atoms. The first-order valence-corrected chi connectivity index (χ1v) is 6.58. The Labute approximate surface area is 118 Å². The average Bonchev–Trinajstić information content (AvgIpc) is 2.43. The molecule has 20 heavy (non-hydrogen) atoms. The lowest BCUT2D eigenvalue weighted by Gasteiger charge is -2.32. The fourth-order valence-corrected chi connectivity index (χ4v) is 2.48. The molecule has 0 saturated carbocycles. The molecule has 2 heterocycles. The van der Waals surface area contributed by atoms with Gasteiger partial charge in [0, 0.05) is 30.4 Å². The first-order valence-electron chi connectivity index (χ1n) is 6.58. The largest absolute Gasteiger partial charge is 0.496 e. The lowest BCUT2D eigenvalue weighted by Crippen LogP contribution is -2.49. The van der Waals surface area contributed by atoms with Crippen LogP contribution in [0.5, 0.6) is 5.75 Å². The zero-order chi connectivity index (χ0) is 14.7. The van der Waals surface area contributed by atoms with Crippen molar-refractivity contribution < 1.29 is 19.4 Å². The van der Waals surface area contributed by atoms with Crippen LogP contribution in [0.1, 0.15) is 16.8 Å². The van der Waals surface area contributed by atoms with Crippen molar-refractivity contribution in [3.8, 4) is 5.75 Å². The number of aliphatic carboxylic acids is 1. The number of nitrogens with zero attached hydrogens (tertiary/aromatic N) is 2. The fraction of sp³-hybridized carbons (Fsp3) is 0.571. The number of rotatable bonds is 4. The summed E-state index contributed by atoms with van der Waals surface area (Å²) in [5.74, 6) is -0.0448. The lowest BCUT2D eigenvalue weighted by molar-refractivity contribution is -0.150. The van der Waals surface area contributed by atoms with Crippen molar-refractivity contribution in [1.29, 1.82) is 0 Å². The van der Waals surface area contributed by atoms with Gasteiger partial charge in [-0.05, 0) is 13.8 Å². The van der Waals surface area contributed by atoms with Gasteiger partial charge < -0.3 is 14.6 Å². The highest BCUT2D eigenvalue weighted by Gasteiger charge is 2.30. The van der Waals surface area contributed by atoms with Crippen LogP contribution in [0.4, 0.5) is 0 Å². The molecule has 0 aliphatic carbocycles. The van der Waals surface area contributed by atoms with E-state index in [1.807, 2.05) is 18.7 Å². The predicted molar refractivity (Wildman–Crippen MR) is 72.9 cm³/mol. The smallest absolute Gasteiger partial charge is 0.323 e. The minimum Gasteiger partial charge on any atom is -0.496 e. The van der Waals surface area contributed by atoms with Crippen molar-refractivity contribution >= 4 is 5.97 Å². The van der Waals surface area contributed by atoms with Gasteiger partial charge in [-0.15, -0.1) is 0 Å².